The third-order valence-electron chi connectivity index (χ3n) is 4.08. The van der Waals surface area contributed by atoms with E-state index in [-0.39, 0.29) is 10.7 Å². The summed E-state index contributed by atoms with van der Waals surface area (Å²) in [7, 11) is 2.02. The van der Waals surface area contributed by atoms with Crippen LogP contribution in [0.15, 0.2) is 24.4 Å². The van der Waals surface area contributed by atoms with Crippen LogP contribution in [0, 0.1) is 10.1 Å². The SMILES string of the molecule is CN(Cc1nc2ccccn2c1[N+](=O)[O-])C1CCNCC1. The summed E-state index contributed by atoms with van der Waals surface area (Å²) in [6.45, 7) is 2.51. The van der Waals surface area contributed by atoms with Gasteiger partial charge >= 0.3 is 5.82 Å². The molecule has 2 aromatic rings. The van der Waals surface area contributed by atoms with E-state index in [0.29, 0.717) is 23.9 Å². The lowest BCUT2D eigenvalue weighted by Gasteiger charge is -2.30. The zero-order chi connectivity index (χ0) is 14.8. The van der Waals surface area contributed by atoms with E-state index >= 15 is 0 Å². The second-order valence-corrected chi connectivity index (χ2v) is 5.46. The van der Waals surface area contributed by atoms with Crippen LogP contribution < -0.4 is 5.32 Å². The van der Waals surface area contributed by atoms with Crippen molar-refractivity contribution < 1.29 is 4.92 Å². The summed E-state index contributed by atoms with van der Waals surface area (Å²) >= 11 is 0. The predicted molar refractivity (Wildman–Crippen MR) is 79.2 cm³/mol. The Morgan fingerprint density at radius 1 is 1.48 bits per heavy atom. The molecule has 0 spiro atoms. The minimum atomic E-state index is -0.342. The standard InChI is InChI=1S/C14H19N5O2/c1-17(11-5-7-15-8-6-11)10-12-14(19(20)21)18-9-3-2-4-13(18)16-12/h2-4,9,11,15H,5-8,10H2,1H3. The molecule has 7 heteroatoms. The molecule has 2 aromatic heterocycles. The highest BCUT2D eigenvalue weighted by Gasteiger charge is 2.25. The zero-order valence-corrected chi connectivity index (χ0v) is 12.0. The molecule has 3 rings (SSSR count). The molecule has 0 bridgehead atoms. The van der Waals surface area contributed by atoms with Gasteiger partial charge in [-0.05, 0) is 44.0 Å². The molecule has 112 valence electrons. The van der Waals surface area contributed by atoms with Gasteiger partial charge in [0.2, 0.25) is 5.65 Å². The monoisotopic (exact) mass is 289 g/mol. The van der Waals surface area contributed by atoms with Crippen molar-refractivity contribution in [3.63, 3.8) is 0 Å². The van der Waals surface area contributed by atoms with Gasteiger partial charge in [0.25, 0.3) is 0 Å². The van der Waals surface area contributed by atoms with Gasteiger partial charge < -0.3 is 15.4 Å². The number of hydrogen-bond acceptors (Lipinski definition) is 5. The Kier molecular flexibility index (Phi) is 3.85. The molecule has 0 saturated carbocycles. The summed E-state index contributed by atoms with van der Waals surface area (Å²) in [6, 6.07) is 5.87. The number of fused-ring (bicyclic) bond motifs is 1. The highest BCUT2D eigenvalue weighted by molar-refractivity contribution is 5.48. The fraction of sp³-hybridized carbons (Fsp3) is 0.500. The summed E-state index contributed by atoms with van der Waals surface area (Å²) in [5, 5.41) is 14.7. The maximum absolute atomic E-state index is 11.4. The summed E-state index contributed by atoms with van der Waals surface area (Å²) in [5.41, 5.74) is 1.16. The topological polar surface area (TPSA) is 75.7 Å². The van der Waals surface area contributed by atoms with Crippen LogP contribution in [0.2, 0.25) is 0 Å². The van der Waals surface area contributed by atoms with Gasteiger partial charge in [0.1, 0.15) is 0 Å². The van der Waals surface area contributed by atoms with Crippen molar-refractivity contribution in [3.8, 4) is 0 Å². The molecule has 1 aliphatic heterocycles. The van der Waals surface area contributed by atoms with E-state index in [1.165, 1.54) is 0 Å². The highest BCUT2D eigenvalue weighted by atomic mass is 16.6. The third kappa shape index (κ3) is 2.74. The molecule has 3 heterocycles. The molecule has 1 N–H and O–H groups in total. The van der Waals surface area contributed by atoms with Gasteiger partial charge in [-0.2, -0.15) is 4.40 Å². The van der Waals surface area contributed by atoms with Crippen molar-refractivity contribution >= 4 is 11.5 Å². The molecule has 0 radical (unpaired) electrons. The van der Waals surface area contributed by atoms with E-state index in [0.717, 1.165) is 25.9 Å². The lowest BCUT2D eigenvalue weighted by Crippen LogP contribution is -2.40. The van der Waals surface area contributed by atoms with Crippen LogP contribution in [-0.4, -0.2) is 45.4 Å². The van der Waals surface area contributed by atoms with Crippen LogP contribution in [0.1, 0.15) is 18.5 Å². The van der Waals surface area contributed by atoms with Crippen LogP contribution in [0.3, 0.4) is 0 Å². The van der Waals surface area contributed by atoms with Gasteiger partial charge in [0, 0.05) is 18.7 Å². The van der Waals surface area contributed by atoms with Crippen LogP contribution in [0.5, 0.6) is 0 Å². The van der Waals surface area contributed by atoms with Crippen LogP contribution in [0.25, 0.3) is 5.65 Å². The van der Waals surface area contributed by atoms with Crippen molar-refractivity contribution in [3.05, 3.63) is 40.2 Å². The Labute approximate surface area is 122 Å². The van der Waals surface area contributed by atoms with Gasteiger partial charge in [-0.25, -0.2) is 4.98 Å². The van der Waals surface area contributed by atoms with E-state index < -0.39 is 0 Å². The fourth-order valence-electron chi connectivity index (χ4n) is 2.94. The molecule has 0 aliphatic carbocycles. The first kappa shape index (κ1) is 14.0. The number of nitrogens with one attached hydrogen (secondary N) is 1. The number of imidazole rings is 1. The third-order valence-corrected chi connectivity index (χ3v) is 4.08. The van der Waals surface area contributed by atoms with Gasteiger partial charge in [0.05, 0.1) is 6.20 Å². The molecule has 0 amide bonds. The molecule has 0 aromatic carbocycles. The summed E-state index contributed by atoms with van der Waals surface area (Å²) in [6.07, 6.45) is 3.82. The first-order valence-corrected chi connectivity index (χ1v) is 7.18. The second-order valence-electron chi connectivity index (χ2n) is 5.46. The second kappa shape index (κ2) is 5.79. The number of pyridine rings is 1. The first-order chi connectivity index (χ1) is 10.2. The largest absolute Gasteiger partial charge is 0.358 e. The molecule has 21 heavy (non-hydrogen) atoms. The molecular weight excluding hydrogens is 270 g/mol. The fourth-order valence-corrected chi connectivity index (χ4v) is 2.94. The van der Waals surface area contributed by atoms with E-state index in [2.05, 4.69) is 15.2 Å². The molecular formula is C14H19N5O2. The number of rotatable bonds is 4. The first-order valence-electron chi connectivity index (χ1n) is 7.18. The Morgan fingerprint density at radius 3 is 2.95 bits per heavy atom. The number of nitro groups is 1. The average molecular weight is 289 g/mol. The smallest absolute Gasteiger partial charge is 0.352 e. The quantitative estimate of drug-likeness (QED) is 0.680. The van der Waals surface area contributed by atoms with Crippen molar-refractivity contribution in [1.29, 1.82) is 0 Å². The lowest BCUT2D eigenvalue weighted by molar-refractivity contribution is -0.391. The summed E-state index contributed by atoms with van der Waals surface area (Å²) < 4.78 is 1.55. The molecule has 1 aliphatic rings. The zero-order valence-electron chi connectivity index (χ0n) is 12.0. The van der Waals surface area contributed by atoms with Crippen molar-refractivity contribution in [1.82, 2.24) is 19.6 Å². The number of nitrogens with zero attached hydrogens (tertiary/aromatic N) is 4. The Balaban J connectivity index is 1.89. The Hall–Kier alpha value is -1.99. The highest BCUT2D eigenvalue weighted by Crippen LogP contribution is 2.23. The molecule has 1 saturated heterocycles. The van der Waals surface area contributed by atoms with Gasteiger partial charge in [0.15, 0.2) is 5.69 Å². The van der Waals surface area contributed by atoms with E-state index in [4.69, 9.17) is 0 Å². The van der Waals surface area contributed by atoms with Crippen LogP contribution in [0.4, 0.5) is 5.82 Å². The van der Waals surface area contributed by atoms with E-state index in [9.17, 15) is 10.1 Å². The van der Waals surface area contributed by atoms with Gasteiger partial charge in [-0.1, -0.05) is 6.07 Å². The summed E-state index contributed by atoms with van der Waals surface area (Å²) in [4.78, 5) is 17.6. The summed E-state index contributed by atoms with van der Waals surface area (Å²) in [5.74, 6) is 0.0754. The maximum atomic E-state index is 11.4. The number of piperidine rings is 1. The minimum Gasteiger partial charge on any atom is -0.358 e. The van der Waals surface area contributed by atoms with Crippen molar-refractivity contribution in [2.45, 2.75) is 25.4 Å². The van der Waals surface area contributed by atoms with Crippen LogP contribution >= 0.6 is 0 Å². The predicted octanol–water partition coefficient (Wildman–Crippen LogP) is 1.43. The van der Waals surface area contributed by atoms with Crippen LogP contribution in [-0.2, 0) is 6.54 Å². The maximum Gasteiger partial charge on any atom is 0.352 e. The molecule has 0 atom stereocenters. The number of hydrogen-bond donors (Lipinski definition) is 1. The molecule has 1 fully saturated rings. The van der Waals surface area contributed by atoms with E-state index in [1.807, 2.05) is 13.1 Å². The lowest BCUT2D eigenvalue weighted by atomic mass is 10.1. The number of aromatic nitrogens is 2. The van der Waals surface area contributed by atoms with E-state index in [1.54, 1.807) is 22.7 Å². The van der Waals surface area contributed by atoms with Crippen molar-refractivity contribution in [2.24, 2.45) is 0 Å². The normalized spacial score (nSPS) is 16.7. The Morgan fingerprint density at radius 2 is 2.24 bits per heavy atom. The van der Waals surface area contributed by atoms with Gasteiger partial charge in [-0.3, -0.25) is 4.90 Å². The average Bonchev–Trinajstić information content (AvgIpc) is 2.86. The minimum absolute atomic E-state index is 0.0754. The molecule has 0 unspecified atom stereocenters. The van der Waals surface area contributed by atoms with Crippen molar-refractivity contribution in [2.75, 3.05) is 20.1 Å². The van der Waals surface area contributed by atoms with Gasteiger partial charge in [-0.15, -0.1) is 0 Å². The molecule has 7 nitrogen and oxygen atoms in total. The Bertz CT molecular complexity index is 648.